The smallest absolute Gasteiger partial charge is 0.338 e. The lowest BCUT2D eigenvalue weighted by atomic mass is 10.2. The molecule has 0 radical (unpaired) electrons. The first kappa shape index (κ1) is 19.6. The predicted octanol–water partition coefficient (Wildman–Crippen LogP) is 1.21. The summed E-state index contributed by atoms with van der Waals surface area (Å²) in [6.07, 6.45) is -0.183. The first-order valence-electron chi connectivity index (χ1n) is 7.68. The van der Waals surface area contributed by atoms with Crippen molar-refractivity contribution in [3.63, 3.8) is 0 Å². The van der Waals surface area contributed by atoms with Crippen molar-refractivity contribution in [3.8, 4) is 0 Å². The molecule has 0 unspecified atom stereocenters. The molecule has 0 aliphatic heterocycles. The topological polar surface area (TPSA) is 79.0 Å². The van der Waals surface area contributed by atoms with Gasteiger partial charge in [-0.25, -0.2) is 4.79 Å². The number of hydrogen-bond donors (Lipinski definition) is 1. The Kier molecular flexibility index (Phi) is 7.38. The number of ether oxygens (including phenoxy) is 1. The Morgan fingerprint density at radius 2 is 1.62 bits per heavy atom. The lowest BCUT2D eigenvalue weighted by Crippen LogP contribution is -2.38. The van der Waals surface area contributed by atoms with Crippen LogP contribution in [0.15, 0.2) is 24.3 Å². The maximum Gasteiger partial charge on any atom is 0.338 e. The summed E-state index contributed by atoms with van der Waals surface area (Å²) in [6.45, 7) is 3.82. The van der Waals surface area contributed by atoms with Gasteiger partial charge in [-0.2, -0.15) is 0 Å². The molecule has 0 fully saturated rings. The summed E-state index contributed by atoms with van der Waals surface area (Å²) in [5.74, 6) is -0.704. The summed E-state index contributed by atoms with van der Waals surface area (Å²) in [6, 6.07) is 6.47. The van der Waals surface area contributed by atoms with Gasteiger partial charge in [-0.3, -0.25) is 14.5 Å². The summed E-state index contributed by atoms with van der Waals surface area (Å²) in [4.78, 5) is 38.4. The highest BCUT2D eigenvalue weighted by atomic mass is 16.5. The van der Waals surface area contributed by atoms with Crippen LogP contribution in [0.3, 0.4) is 0 Å². The van der Waals surface area contributed by atoms with E-state index in [4.69, 9.17) is 4.74 Å². The van der Waals surface area contributed by atoms with Crippen molar-refractivity contribution in [1.82, 2.24) is 9.80 Å². The van der Waals surface area contributed by atoms with Gasteiger partial charge < -0.3 is 15.0 Å². The summed E-state index contributed by atoms with van der Waals surface area (Å²) in [5, 5.41) is 2.72. The summed E-state index contributed by atoms with van der Waals surface area (Å²) < 4.78 is 5.10. The van der Waals surface area contributed by atoms with E-state index in [0.29, 0.717) is 11.3 Å². The molecule has 0 saturated carbocycles. The number of hydrogen-bond acceptors (Lipinski definition) is 5. The normalized spacial score (nSPS) is 10.6. The van der Waals surface area contributed by atoms with E-state index < -0.39 is 5.97 Å². The molecule has 7 heteroatoms. The molecule has 0 atom stereocenters. The number of benzene rings is 1. The van der Waals surface area contributed by atoms with Crippen molar-refractivity contribution in [2.45, 2.75) is 20.0 Å². The molecule has 24 heavy (non-hydrogen) atoms. The van der Waals surface area contributed by atoms with Crippen LogP contribution in [0.25, 0.3) is 0 Å². The zero-order valence-corrected chi connectivity index (χ0v) is 14.8. The average Bonchev–Trinajstić information content (AvgIpc) is 2.46. The highest BCUT2D eigenvalue weighted by molar-refractivity contribution is 5.94. The standard InChI is InChI=1S/C17H25N3O4/c1-12(2)24-17(23)13-6-8-14(9-7-13)18-15(21)10-20(5)11-16(22)19(3)4/h6-9,12H,10-11H2,1-5H3,(H,18,21). The van der Waals surface area contributed by atoms with Crippen LogP contribution < -0.4 is 5.32 Å². The summed E-state index contributed by atoms with van der Waals surface area (Å²) >= 11 is 0. The number of esters is 1. The number of amides is 2. The predicted molar refractivity (Wildman–Crippen MR) is 91.8 cm³/mol. The van der Waals surface area contributed by atoms with Crippen molar-refractivity contribution < 1.29 is 19.1 Å². The molecular formula is C17H25N3O4. The van der Waals surface area contributed by atoms with Crippen molar-refractivity contribution in [2.24, 2.45) is 0 Å². The molecular weight excluding hydrogens is 310 g/mol. The Labute approximate surface area is 142 Å². The lowest BCUT2D eigenvalue weighted by Gasteiger charge is -2.18. The van der Waals surface area contributed by atoms with Crippen LogP contribution in [0.1, 0.15) is 24.2 Å². The van der Waals surface area contributed by atoms with Crippen LogP contribution in [-0.4, -0.2) is 67.9 Å². The quantitative estimate of drug-likeness (QED) is 0.758. The van der Waals surface area contributed by atoms with Gasteiger partial charge in [0.25, 0.3) is 0 Å². The summed E-state index contributed by atoms with van der Waals surface area (Å²) in [7, 11) is 5.04. The van der Waals surface area contributed by atoms with E-state index in [2.05, 4.69) is 5.32 Å². The van der Waals surface area contributed by atoms with Crippen LogP contribution in [0, 0.1) is 0 Å². The van der Waals surface area contributed by atoms with Gasteiger partial charge in [0.2, 0.25) is 11.8 Å². The zero-order chi connectivity index (χ0) is 18.3. The third-order valence-electron chi connectivity index (χ3n) is 3.06. The molecule has 0 bridgehead atoms. The maximum absolute atomic E-state index is 12.0. The number of likely N-dealkylation sites (N-methyl/N-ethyl adjacent to an activating group) is 2. The van der Waals surface area contributed by atoms with E-state index in [9.17, 15) is 14.4 Å². The zero-order valence-electron chi connectivity index (χ0n) is 14.8. The fourth-order valence-electron chi connectivity index (χ4n) is 1.85. The molecule has 7 nitrogen and oxygen atoms in total. The largest absolute Gasteiger partial charge is 0.459 e. The summed E-state index contributed by atoms with van der Waals surface area (Å²) in [5.41, 5.74) is 1.00. The van der Waals surface area contributed by atoms with Crippen LogP contribution in [-0.2, 0) is 14.3 Å². The molecule has 0 saturated heterocycles. The second kappa shape index (κ2) is 9.02. The maximum atomic E-state index is 12.0. The Morgan fingerprint density at radius 1 is 1.04 bits per heavy atom. The second-order valence-electron chi connectivity index (χ2n) is 6.04. The first-order chi connectivity index (χ1) is 11.2. The monoisotopic (exact) mass is 335 g/mol. The molecule has 1 aromatic carbocycles. The molecule has 1 aromatic rings. The average molecular weight is 335 g/mol. The number of carbonyl (C=O) groups excluding carboxylic acids is 3. The van der Waals surface area contributed by atoms with E-state index >= 15 is 0 Å². The SMILES string of the molecule is CC(C)OC(=O)c1ccc(NC(=O)CN(C)CC(=O)N(C)C)cc1. The number of rotatable bonds is 7. The van der Waals surface area contributed by atoms with Gasteiger partial charge >= 0.3 is 5.97 Å². The number of nitrogens with one attached hydrogen (secondary N) is 1. The highest BCUT2D eigenvalue weighted by Crippen LogP contribution is 2.11. The Morgan fingerprint density at radius 3 is 2.12 bits per heavy atom. The van der Waals surface area contributed by atoms with Gasteiger partial charge in [0.15, 0.2) is 0 Å². The third-order valence-corrected chi connectivity index (χ3v) is 3.06. The minimum absolute atomic E-state index is 0.0710. The highest BCUT2D eigenvalue weighted by Gasteiger charge is 2.13. The molecule has 0 aromatic heterocycles. The molecule has 0 aliphatic carbocycles. The van der Waals surface area contributed by atoms with Crippen LogP contribution in [0.4, 0.5) is 5.69 Å². The van der Waals surface area contributed by atoms with E-state index in [0.717, 1.165) is 0 Å². The fourth-order valence-corrected chi connectivity index (χ4v) is 1.85. The van der Waals surface area contributed by atoms with Gasteiger partial charge in [0.05, 0.1) is 24.8 Å². The van der Waals surface area contributed by atoms with Crippen LogP contribution in [0.2, 0.25) is 0 Å². The van der Waals surface area contributed by atoms with E-state index in [1.807, 2.05) is 0 Å². The van der Waals surface area contributed by atoms with E-state index in [1.165, 1.54) is 4.90 Å². The van der Waals surface area contributed by atoms with Crippen molar-refractivity contribution in [2.75, 3.05) is 39.5 Å². The molecule has 132 valence electrons. The Bertz CT molecular complexity index is 582. The van der Waals surface area contributed by atoms with Gasteiger partial charge in [-0.15, -0.1) is 0 Å². The first-order valence-corrected chi connectivity index (χ1v) is 7.68. The van der Waals surface area contributed by atoms with Crippen LogP contribution in [0.5, 0.6) is 0 Å². The van der Waals surface area contributed by atoms with Gasteiger partial charge in [-0.05, 0) is 45.2 Å². The van der Waals surface area contributed by atoms with E-state index in [1.54, 1.807) is 64.2 Å². The second-order valence-corrected chi connectivity index (χ2v) is 6.04. The third kappa shape index (κ3) is 6.78. The minimum Gasteiger partial charge on any atom is -0.459 e. The molecule has 2 amide bonds. The molecule has 0 spiro atoms. The van der Waals surface area contributed by atoms with Gasteiger partial charge in [-0.1, -0.05) is 0 Å². The number of nitrogens with zero attached hydrogens (tertiary/aromatic N) is 2. The Hall–Kier alpha value is -2.41. The Balaban J connectivity index is 2.53. The van der Waals surface area contributed by atoms with Crippen molar-refractivity contribution in [1.29, 1.82) is 0 Å². The number of carbonyl (C=O) groups is 3. The van der Waals surface area contributed by atoms with Crippen LogP contribution >= 0.6 is 0 Å². The molecule has 1 N–H and O–H groups in total. The molecule has 0 heterocycles. The van der Waals surface area contributed by atoms with Crippen molar-refractivity contribution in [3.05, 3.63) is 29.8 Å². The minimum atomic E-state index is -0.398. The number of anilines is 1. The fraction of sp³-hybridized carbons (Fsp3) is 0.471. The lowest BCUT2D eigenvalue weighted by molar-refractivity contribution is -0.130. The van der Waals surface area contributed by atoms with E-state index in [-0.39, 0.29) is 31.0 Å². The molecule has 1 rings (SSSR count). The van der Waals surface area contributed by atoms with Gasteiger partial charge in [0.1, 0.15) is 0 Å². The molecule has 0 aliphatic rings. The van der Waals surface area contributed by atoms with Gasteiger partial charge in [0, 0.05) is 19.8 Å². The van der Waals surface area contributed by atoms with Crippen molar-refractivity contribution >= 4 is 23.5 Å².